The van der Waals surface area contributed by atoms with E-state index < -0.39 is 0 Å². The largest absolute Gasteiger partial charge is 0.404 e. The van der Waals surface area contributed by atoms with Crippen molar-refractivity contribution in [2.24, 2.45) is 5.73 Å². The van der Waals surface area contributed by atoms with E-state index in [1.807, 2.05) is 60.4 Å². The Bertz CT molecular complexity index is 2590. The summed E-state index contributed by atoms with van der Waals surface area (Å²) in [7, 11) is 0. The fraction of sp³-hybridized carbons (Fsp3) is 0.100. The number of allylic oxidation sites excluding steroid dienone is 5. The summed E-state index contributed by atoms with van der Waals surface area (Å²) >= 11 is 1.97. The quantitative estimate of drug-likeness (QED) is 0.0977. The fourth-order valence-electron chi connectivity index (χ4n) is 7.41. The summed E-state index contributed by atoms with van der Waals surface area (Å²) in [6.45, 7) is 6.38. The van der Waals surface area contributed by atoms with Crippen molar-refractivity contribution >= 4 is 40.9 Å². The maximum atomic E-state index is 9.44. The van der Waals surface area contributed by atoms with Crippen molar-refractivity contribution in [2.45, 2.75) is 35.4 Å². The molecule has 0 spiro atoms. The molecule has 4 heteroatoms. The van der Waals surface area contributed by atoms with Gasteiger partial charge in [0.2, 0.25) is 0 Å². The molecule has 6 aromatic carbocycles. The molecule has 264 valence electrons. The Morgan fingerprint density at radius 3 is 2.22 bits per heavy atom. The van der Waals surface area contributed by atoms with Gasteiger partial charge in [-0.1, -0.05) is 146 Å². The fourth-order valence-corrected chi connectivity index (χ4v) is 8.73. The predicted octanol–water partition coefficient (Wildman–Crippen LogP) is 10.1. The van der Waals surface area contributed by atoms with Gasteiger partial charge in [0, 0.05) is 51.2 Å². The van der Waals surface area contributed by atoms with Gasteiger partial charge in [-0.25, -0.2) is 0 Å². The Morgan fingerprint density at radius 2 is 1.44 bits per heavy atom. The molecule has 0 amide bonds. The zero-order valence-electron chi connectivity index (χ0n) is 30.4. The second kappa shape index (κ2) is 15.5. The van der Waals surface area contributed by atoms with Crippen molar-refractivity contribution in [1.29, 1.82) is 5.41 Å². The normalized spacial score (nSPS) is 17.3. The molecule has 1 heterocycles. The van der Waals surface area contributed by atoms with Crippen LogP contribution in [0.5, 0.6) is 0 Å². The van der Waals surface area contributed by atoms with Crippen LogP contribution >= 0.6 is 11.8 Å². The number of rotatable bonds is 10. The number of hydrogen-bond acceptors (Lipinski definition) is 4. The van der Waals surface area contributed by atoms with Crippen molar-refractivity contribution in [3.63, 3.8) is 0 Å². The number of hydrogen-bond donors (Lipinski definition) is 3. The zero-order chi connectivity index (χ0) is 37.0. The minimum Gasteiger partial charge on any atom is -0.404 e. The topological polar surface area (TPSA) is 61.9 Å². The standard InChI is InChI=1S/C50H43N3S/c1-33-9-3-4-11-40(33)28-44(31-51)47(50(52)39-22-19-38(20-23-39)42-24-21-36-10-5-6-12-41(36)29-42)32-53-34(2)27-35-15-17-37(18-16-35)43-25-26-49-46(30-43)45-13-7-8-14-48(45)54-49/h3-26,28-32,34,45,48,52-53H,1,27,51H2,2H3/b40-28-,44-31+,47-32-,52-50?/t34-,45?,48?/m1/s1. The van der Waals surface area contributed by atoms with E-state index in [0.29, 0.717) is 22.5 Å². The third-order valence-electron chi connectivity index (χ3n) is 10.4. The summed E-state index contributed by atoms with van der Waals surface area (Å²) < 4.78 is 0. The highest BCUT2D eigenvalue weighted by Crippen LogP contribution is 2.49. The van der Waals surface area contributed by atoms with Gasteiger partial charge in [-0.05, 0) is 92.2 Å². The van der Waals surface area contributed by atoms with Crippen LogP contribution in [0.25, 0.3) is 45.7 Å². The molecule has 54 heavy (non-hydrogen) atoms. The predicted molar refractivity (Wildman–Crippen MR) is 231 cm³/mol. The summed E-state index contributed by atoms with van der Waals surface area (Å²) in [6, 6.07) is 47.1. The van der Waals surface area contributed by atoms with E-state index in [4.69, 9.17) is 5.73 Å². The van der Waals surface area contributed by atoms with E-state index in [-0.39, 0.29) is 6.04 Å². The van der Waals surface area contributed by atoms with E-state index in [1.165, 1.54) is 37.9 Å². The molecular weight excluding hydrogens is 675 g/mol. The average molecular weight is 718 g/mol. The van der Waals surface area contributed by atoms with Crippen LogP contribution in [0.2, 0.25) is 0 Å². The molecule has 0 radical (unpaired) electrons. The van der Waals surface area contributed by atoms with E-state index in [2.05, 4.69) is 140 Å². The number of fused-ring (bicyclic) bond motifs is 4. The lowest BCUT2D eigenvalue weighted by Crippen LogP contribution is -2.26. The lowest BCUT2D eigenvalue weighted by atomic mass is 9.90. The number of thioether (sulfide) groups is 1. The highest BCUT2D eigenvalue weighted by molar-refractivity contribution is 8.00. The number of nitrogens with two attached hydrogens (primary N) is 1. The first-order valence-electron chi connectivity index (χ1n) is 18.5. The second-order valence-corrected chi connectivity index (χ2v) is 15.4. The van der Waals surface area contributed by atoms with Crippen molar-refractivity contribution in [3.8, 4) is 22.3 Å². The lowest BCUT2D eigenvalue weighted by molar-refractivity contribution is 0.635. The summed E-state index contributed by atoms with van der Waals surface area (Å²) in [5.74, 6) is 0.455. The zero-order valence-corrected chi connectivity index (χ0v) is 31.2. The monoisotopic (exact) mass is 717 g/mol. The Kier molecular flexibility index (Phi) is 10.0. The molecule has 2 aliphatic rings. The van der Waals surface area contributed by atoms with Gasteiger partial charge in [-0.2, -0.15) is 0 Å². The summed E-state index contributed by atoms with van der Waals surface area (Å²) in [5.41, 5.74) is 16.4. The molecule has 6 aromatic rings. The molecule has 3 atom stereocenters. The summed E-state index contributed by atoms with van der Waals surface area (Å²) in [4.78, 5) is 1.39. The van der Waals surface area contributed by atoms with Crippen molar-refractivity contribution in [1.82, 2.24) is 5.32 Å². The molecule has 1 aliphatic heterocycles. The molecule has 1 aliphatic carbocycles. The van der Waals surface area contributed by atoms with Crippen LogP contribution in [0.1, 0.15) is 29.5 Å². The maximum Gasteiger partial charge on any atom is 0.0705 e. The molecular formula is C50H43N3S. The van der Waals surface area contributed by atoms with Crippen LogP contribution in [0.3, 0.4) is 0 Å². The molecule has 3 nitrogen and oxygen atoms in total. The summed E-state index contributed by atoms with van der Waals surface area (Å²) in [5, 5.41) is 17.8. The first-order chi connectivity index (χ1) is 26.4. The van der Waals surface area contributed by atoms with Gasteiger partial charge in [0.25, 0.3) is 0 Å². The van der Waals surface area contributed by atoms with Crippen LogP contribution in [0, 0.1) is 5.41 Å². The van der Waals surface area contributed by atoms with E-state index in [9.17, 15) is 5.41 Å². The Labute approximate surface area is 322 Å². The second-order valence-electron chi connectivity index (χ2n) is 14.1. The van der Waals surface area contributed by atoms with Gasteiger partial charge in [0.15, 0.2) is 0 Å². The third kappa shape index (κ3) is 7.39. The van der Waals surface area contributed by atoms with Crippen molar-refractivity contribution in [2.75, 3.05) is 0 Å². The molecule has 8 rings (SSSR count). The minimum atomic E-state index is 0.105. The first kappa shape index (κ1) is 35.0. The highest BCUT2D eigenvalue weighted by Gasteiger charge is 2.31. The van der Waals surface area contributed by atoms with Gasteiger partial charge >= 0.3 is 0 Å². The van der Waals surface area contributed by atoms with E-state index >= 15 is 0 Å². The van der Waals surface area contributed by atoms with Gasteiger partial charge in [0.1, 0.15) is 0 Å². The van der Waals surface area contributed by atoms with Crippen molar-refractivity contribution in [3.05, 3.63) is 208 Å². The SMILES string of the molecule is C=c1cccc/c1=C/C(=C\N)C(=C/N[C@H](C)Cc1ccc(-c2ccc3c(c2)C2C=CC=CC2S3)cc1)/C(=N)c1ccc(-c2ccc3ccccc3c2)cc1. The van der Waals surface area contributed by atoms with Gasteiger partial charge in [-0.3, -0.25) is 5.41 Å². The smallest absolute Gasteiger partial charge is 0.0705 e. The molecule has 0 fully saturated rings. The number of nitrogens with one attached hydrogen (secondary N) is 2. The number of benzene rings is 6. The van der Waals surface area contributed by atoms with E-state index in [0.717, 1.165) is 39.1 Å². The van der Waals surface area contributed by atoms with Crippen LogP contribution in [-0.4, -0.2) is 17.0 Å². The van der Waals surface area contributed by atoms with Crippen LogP contribution in [0.15, 0.2) is 186 Å². The van der Waals surface area contributed by atoms with Crippen LogP contribution in [0.4, 0.5) is 0 Å². The van der Waals surface area contributed by atoms with Gasteiger partial charge < -0.3 is 11.1 Å². The maximum absolute atomic E-state index is 9.44. The minimum absolute atomic E-state index is 0.105. The third-order valence-corrected chi connectivity index (χ3v) is 11.8. The average Bonchev–Trinajstić information content (AvgIpc) is 3.59. The van der Waals surface area contributed by atoms with Gasteiger partial charge in [0.05, 0.1) is 5.71 Å². The van der Waals surface area contributed by atoms with Crippen LogP contribution < -0.4 is 21.5 Å². The highest BCUT2D eigenvalue weighted by atomic mass is 32.2. The Balaban J connectivity index is 1.02. The molecule has 0 saturated heterocycles. The van der Waals surface area contributed by atoms with Crippen molar-refractivity contribution < 1.29 is 0 Å². The molecule has 2 unspecified atom stereocenters. The summed E-state index contributed by atoms with van der Waals surface area (Å²) in [6.07, 6.45) is 15.4. The molecule has 0 aromatic heterocycles. The Hall–Kier alpha value is -6.10. The van der Waals surface area contributed by atoms with E-state index in [1.54, 1.807) is 6.20 Å². The van der Waals surface area contributed by atoms with Crippen LogP contribution in [-0.2, 0) is 6.42 Å². The van der Waals surface area contributed by atoms with Gasteiger partial charge in [-0.15, -0.1) is 11.8 Å². The first-order valence-corrected chi connectivity index (χ1v) is 19.4. The lowest BCUT2D eigenvalue weighted by Gasteiger charge is -2.17. The Morgan fingerprint density at radius 1 is 0.778 bits per heavy atom. The molecule has 0 saturated carbocycles. The molecule has 4 N–H and O–H groups in total. The molecule has 0 bridgehead atoms.